The molecule has 2 rings (SSSR count). The molecule has 0 aliphatic carbocycles. The van der Waals surface area contributed by atoms with Crippen molar-refractivity contribution in [3.63, 3.8) is 0 Å². The lowest BCUT2D eigenvalue weighted by Gasteiger charge is -2.07. The number of nitrogens with zero attached hydrogens (tertiary/aromatic N) is 5. The number of rotatable bonds is 2. The minimum atomic E-state index is 0.273. The van der Waals surface area contributed by atoms with E-state index in [2.05, 4.69) is 34.1 Å². The van der Waals surface area contributed by atoms with Crippen LogP contribution in [0.1, 0.15) is 19.9 Å². The molecule has 0 aromatic carbocycles. The Labute approximate surface area is 81.8 Å². The summed E-state index contributed by atoms with van der Waals surface area (Å²) in [5, 5.41) is 11.9. The van der Waals surface area contributed by atoms with Gasteiger partial charge in [0.25, 0.3) is 0 Å². The predicted octanol–water partition coefficient (Wildman–Crippen LogP) is 1.32. The Morgan fingerprint density at radius 2 is 2.21 bits per heavy atom. The Morgan fingerprint density at radius 3 is 2.86 bits per heavy atom. The first-order chi connectivity index (χ1) is 6.79. The van der Waals surface area contributed by atoms with Gasteiger partial charge in [0.05, 0.1) is 0 Å². The summed E-state index contributed by atoms with van der Waals surface area (Å²) in [5.41, 5.74) is 0.749. The van der Waals surface area contributed by atoms with Crippen molar-refractivity contribution in [1.82, 2.24) is 25.0 Å². The van der Waals surface area contributed by atoms with E-state index in [0.29, 0.717) is 0 Å². The summed E-state index contributed by atoms with van der Waals surface area (Å²) in [4.78, 5) is 4.16. The molecule has 0 bridgehead atoms. The van der Waals surface area contributed by atoms with E-state index in [9.17, 15) is 0 Å². The monoisotopic (exact) mass is 189 g/mol. The fourth-order valence-electron chi connectivity index (χ4n) is 1.23. The lowest BCUT2D eigenvalue weighted by atomic mass is 10.3. The van der Waals surface area contributed by atoms with Crippen molar-refractivity contribution in [2.45, 2.75) is 19.9 Å². The highest BCUT2D eigenvalue weighted by atomic mass is 15.4. The molecular weight excluding hydrogens is 178 g/mol. The molecule has 0 fully saturated rings. The van der Waals surface area contributed by atoms with E-state index in [1.807, 2.05) is 16.8 Å². The summed E-state index contributed by atoms with van der Waals surface area (Å²) in [6.45, 7) is 4.10. The maximum absolute atomic E-state index is 4.16. The molecule has 2 heterocycles. The Kier molecular flexibility index (Phi) is 2.22. The van der Waals surface area contributed by atoms with Crippen molar-refractivity contribution in [3.8, 4) is 11.5 Å². The van der Waals surface area contributed by atoms with Gasteiger partial charge in [-0.1, -0.05) is 0 Å². The molecule has 72 valence electrons. The highest BCUT2D eigenvalue weighted by molar-refractivity contribution is 5.47. The molecule has 0 radical (unpaired) electrons. The van der Waals surface area contributed by atoms with Gasteiger partial charge in [0, 0.05) is 12.2 Å². The number of hydrogen-bond donors (Lipinski definition) is 0. The van der Waals surface area contributed by atoms with Gasteiger partial charge >= 0.3 is 0 Å². The van der Waals surface area contributed by atoms with Crippen molar-refractivity contribution in [2.75, 3.05) is 0 Å². The van der Waals surface area contributed by atoms with Crippen LogP contribution in [0.25, 0.3) is 11.5 Å². The van der Waals surface area contributed by atoms with Gasteiger partial charge in [-0.25, -0.2) is 9.67 Å². The Hall–Kier alpha value is -1.78. The average molecular weight is 189 g/mol. The third-order valence-electron chi connectivity index (χ3n) is 1.86. The van der Waals surface area contributed by atoms with E-state index in [0.717, 1.165) is 11.5 Å². The quantitative estimate of drug-likeness (QED) is 0.714. The molecule has 14 heavy (non-hydrogen) atoms. The molecule has 0 unspecified atom stereocenters. The van der Waals surface area contributed by atoms with E-state index in [1.165, 1.54) is 6.33 Å². The fraction of sp³-hybridized carbons (Fsp3) is 0.333. The zero-order chi connectivity index (χ0) is 9.97. The minimum absolute atomic E-state index is 0.273. The van der Waals surface area contributed by atoms with E-state index in [1.54, 1.807) is 6.20 Å². The third kappa shape index (κ3) is 1.48. The Morgan fingerprint density at radius 1 is 1.36 bits per heavy atom. The Bertz CT molecular complexity index is 406. The molecule has 0 saturated heterocycles. The SMILES string of the molecule is CC(C)n1ncnc1-c1cccnn1. The molecule has 0 aliphatic rings. The first kappa shape index (κ1) is 8.80. The topological polar surface area (TPSA) is 56.5 Å². The molecule has 0 saturated carbocycles. The first-order valence-corrected chi connectivity index (χ1v) is 4.46. The Balaban J connectivity index is 2.47. The van der Waals surface area contributed by atoms with Crippen LogP contribution in [0.4, 0.5) is 0 Å². The fourth-order valence-corrected chi connectivity index (χ4v) is 1.23. The van der Waals surface area contributed by atoms with Crippen molar-refractivity contribution in [3.05, 3.63) is 24.7 Å². The maximum Gasteiger partial charge on any atom is 0.178 e. The van der Waals surface area contributed by atoms with Gasteiger partial charge in [0.2, 0.25) is 0 Å². The summed E-state index contributed by atoms with van der Waals surface area (Å²) in [5.74, 6) is 0.758. The van der Waals surface area contributed by atoms with Crippen LogP contribution in [0.2, 0.25) is 0 Å². The number of aromatic nitrogens is 5. The van der Waals surface area contributed by atoms with Crippen LogP contribution in [0.5, 0.6) is 0 Å². The molecule has 0 atom stereocenters. The highest BCUT2D eigenvalue weighted by Gasteiger charge is 2.10. The van der Waals surface area contributed by atoms with Crippen LogP contribution in [0.3, 0.4) is 0 Å². The second-order valence-corrected chi connectivity index (χ2v) is 3.23. The van der Waals surface area contributed by atoms with Crippen LogP contribution in [-0.2, 0) is 0 Å². The lowest BCUT2D eigenvalue weighted by Crippen LogP contribution is -2.05. The second kappa shape index (κ2) is 3.53. The van der Waals surface area contributed by atoms with Crippen molar-refractivity contribution >= 4 is 0 Å². The predicted molar refractivity (Wildman–Crippen MR) is 51.4 cm³/mol. The standard InChI is InChI=1S/C9H11N5/c1-7(2)14-9(10-6-12-14)8-4-3-5-11-13-8/h3-7H,1-2H3. The van der Waals surface area contributed by atoms with Crippen LogP contribution < -0.4 is 0 Å². The zero-order valence-electron chi connectivity index (χ0n) is 8.12. The van der Waals surface area contributed by atoms with Gasteiger partial charge < -0.3 is 0 Å². The molecule has 0 amide bonds. The van der Waals surface area contributed by atoms with E-state index < -0.39 is 0 Å². The smallest absolute Gasteiger partial charge is 0.178 e. The van der Waals surface area contributed by atoms with Gasteiger partial charge in [0.15, 0.2) is 5.82 Å². The molecule has 5 nitrogen and oxygen atoms in total. The second-order valence-electron chi connectivity index (χ2n) is 3.23. The van der Waals surface area contributed by atoms with E-state index in [4.69, 9.17) is 0 Å². The molecule has 2 aromatic heterocycles. The van der Waals surface area contributed by atoms with Gasteiger partial charge in [0.1, 0.15) is 12.0 Å². The normalized spacial score (nSPS) is 10.8. The minimum Gasteiger partial charge on any atom is -0.242 e. The maximum atomic E-state index is 4.16. The molecule has 5 heteroatoms. The lowest BCUT2D eigenvalue weighted by molar-refractivity contribution is 0.536. The summed E-state index contributed by atoms with van der Waals surface area (Å²) < 4.78 is 1.82. The van der Waals surface area contributed by atoms with Crippen molar-refractivity contribution < 1.29 is 0 Å². The summed E-state index contributed by atoms with van der Waals surface area (Å²) in [6, 6.07) is 3.98. The average Bonchev–Trinajstić information content (AvgIpc) is 2.67. The summed E-state index contributed by atoms with van der Waals surface area (Å²) >= 11 is 0. The molecule has 2 aromatic rings. The third-order valence-corrected chi connectivity index (χ3v) is 1.86. The molecular formula is C9H11N5. The van der Waals surface area contributed by atoms with Gasteiger partial charge in [-0.3, -0.25) is 0 Å². The summed E-state index contributed by atoms with van der Waals surface area (Å²) in [6.07, 6.45) is 3.17. The van der Waals surface area contributed by atoms with Gasteiger partial charge in [-0.05, 0) is 26.0 Å². The van der Waals surface area contributed by atoms with Gasteiger partial charge in [-0.15, -0.1) is 5.10 Å². The van der Waals surface area contributed by atoms with E-state index >= 15 is 0 Å². The van der Waals surface area contributed by atoms with Gasteiger partial charge in [-0.2, -0.15) is 10.2 Å². The van der Waals surface area contributed by atoms with Crippen LogP contribution in [-0.4, -0.2) is 25.0 Å². The van der Waals surface area contributed by atoms with Crippen molar-refractivity contribution in [1.29, 1.82) is 0 Å². The van der Waals surface area contributed by atoms with E-state index in [-0.39, 0.29) is 6.04 Å². The number of hydrogen-bond acceptors (Lipinski definition) is 4. The largest absolute Gasteiger partial charge is 0.242 e. The summed E-state index contributed by atoms with van der Waals surface area (Å²) in [7, 11) is 0. The van der Waals surface area contributed by atoms with Crippen LogP contribution in [0.15, 0.2) is 24.7 Å². The van der Waals surface area contributed by atoms with Crippen LogP contribution >= 0.6 is 0 Å². The zero-order valence-corrected chi connectivity index (χ0v) is 8.12. The molecule has 0 N–H and O–H groups in total. The molecule has 0 spiro atoms. The highest BCUT2D eigenvalue weighted by Crippen LogP contribution is 2.15. The van der Waals surface area contributed by atoms with Crippen molar-refractivity contribution in [2.24, 2.45) is 0 Å². The molecule has 0 aliphatic heterocycles. The first-order valence-electron chi connectivity index (χ1n) is 4.46. The van der Waals surface area contributed by atoms with Crippen LogP contribution in [0, 0.1) is 0 Å².